The lowest BCUT2D eigenvalue weighted by Gasteiger charge is -2.19. The normalized spacial score (nSPS) is 14.1. The van der Waals surface area contributed by atoms with Crippen molar-refractivity contribution in [2.45, 2.75) is 45.8 Å². The van der Waals surface area contributed by atoms with Crippen molar-refractivity contribution in [3.8, 4) is 0 Å². The van der Waals surface area contributed by atoms with Crippen LogP contribution in [0, 0.1) is 13.8 Å². The zero-order valence-electron chi connectivity index (χ0n) is 13.0. The summed E-state index contributed by atoms with van der Waals surface area (Å²) in [5.74, 6) is 1.17. The second kappa shape index (κ2) is 7.38. The van der Waals surface area contributed by atoms with E-state index in [9.17, 15) is 5.11 Å². The van der Waals surface area contributed by atoms with Gasteiger partial charge in [0.25, 0.3) is 0 Å². The number of aliphatic hydroxyl groups excluding tert-OH is 1. The van der Waals surface area contributed by atoms with Gasteiger partial charge in [-0.25, -0.2) is 0 Å². The van der Waals surface area contributed by atoms with E-state index in [0.29, 0.717) is 5.92 Å². The third-order valence-electron chi connectivity index (χ3n) is 3.77. The topological polar surface area (TPSA) is 58.3 Å². The number of aryl methyl sites for hydroxylation is 2. The van der Waals surface area contributed by atoms with E-state index in [1.807, 2.05) is 39.0 Å². The van der Waals surface area contributed by atoms with Crippen LogP contribution in [0.1, 0.15) is 41.8 Å². The lowest BCUT2D eigenvalue weighted by molar-refractivity contribution is 0.173. The second-order valence-corrected chi connectivity index (χ2v) is 5.63. The second-order valence-electron chi connectivity index (χ2n) is 5.63. The Kier molecular flexibility index (Phi) is 5.53. The number of benzene rings is 1. The lowest BCUT2D eigenvalue weighted by Crippen LogP contribution is -2.24. The quantitative estimate of drug-likeness (QED) is 0.822. The molecule has 0 aliphatic rings. The molecule has 0 spiro atoms. The van der Waals surface area contributed by atoms with Crippen LogP contribution >= 0.6 is 0 Å². The molecule has 0 saturated heterocycles. The maximum atomic E-state index is 9.70. The number of aromatic nitrogens is 1. The third-order valence-corrected chi connectivity index (χ3v) is 3.77. The van der Waals surface area contributed by atoms with E-state index in [4.69, 9.17) is 4.52 Å². The highest BCUT2D eigenvalue weighted by molar-refractivity contribution is 5.22. The van der Waals surface area contributed by atoms with Crippen LogP contribution in [0.15, 0.2) is 34.9 Å². The number of hydrogen-bond acceptors (Lipinski definition) is 4. The lowest BCUT2D eigenvalue weighted by atomic mass is 9.93. The van der Waals surface area contributed by atoms with E-state index in [1.54, 1.807) is 0 Å². The van der Waals surface area contributed by atoms with Crippen LogP contribution in [0.25, 0.3) is 0 Å². The summed E-state index contributed by atoms with van der Waals surface area (Å²) in [6, 6.07) is 10.3. The number of aliphatic hydroxyl groups is 1. The van der Waals surface area contributed by atoms with Gasteiger partial charge in [-0.15, -0.1) is 0 Å². The molecule has 2 aromatic rings. The molecule has 4 heteroatoms. The molecule has 21 heavy (non-hydrogen) atoms. The van der Waals surface area contributed by atoms with Crippen LogP contribution in [0.2, 0.25) is 0 Å². The first kappa shape index (κ1) is 15.7. The van der Waals surface area contributed by atoms with E-state index in [-0.39, 0.29) is 6.10 Å². The summed E-state index contributed by atoms with van der Waals surface area (Å²) in [6.07, 6.45) is 0.439. The van der Waals surface area contributed by atoms with Crippen molar-refractivity contribution in [2.75, 3.05) is 6.54 Å². The molecule has 2 unspecified atom stereocenters. The average molecular weight is 288 g/mol. The van der Waals surface area contributed by atoms with Gasteiger partial charge in [-0.3, -0.25) is 0 Å². The van der Waals surface area contributed by atoms with Crippen LogP contribution in [0.3, 0.4) is 0 Å². The molecule has 0 bridgehead atoms. The molecule has 0 fully saturated rings. The largest absolute Gasteiger partial charge is 0.393 e. The van der Waals surface area contributed by atoms with Crippen molar-refractivity contribution in [2.24, 2.45) is 0 Å². The molecule has 2 atom stereocenters. The number of nitrogens with one attached hydrogen (secondary N) is 1. The minimum Gasteiger partial charge on any atom is -0.393 e. The van der Waals surface area contributed by atoms with Crippen LogP contribution in [0.5, 0.6) is 0 Å². The summed E-state index contributed by atoms with van der Waals surface area (Å²) >= 11 is 0. The van der Waals surface area contributed by atoms with Gasteiger partial charge >= 0.3 is 0 Å². The monoisotopic (exact) mass is 288 g/mol. The number of rotatable bonds is 7. The predicted octanol–water partition coefficient (Wildman–Crippen LogP) is 2.94. The smallest absolute Gasteiger partial charge is 0.138 e. The van der Waals surface area contributed by atoms with Crippen LogP contribution in [-0.4, -0.2) is 22.9 Å². The van der Waals surface area contributed by atoms with E-state index in [0.717, 1.165) is 36.5 Å². The fourth-order valence-corrected chi connectivity index (χ4v) is 2.60. The minimum absolute atomic E-state index is 0.298. The van der Waals surface area contributed by atoms with Gasteiger partial charge in [0.2, 0.25) is 0 Å². The summed E-state index contributed by atoms with van der Waals surface area (Å²) < 4.78 is 5.17. The van der Waals surface area contributed by atoms with E-state index in [1.165, 1.54) is 5.56 Å². The summed E-state index contributed by atoms with van der Waals surface area (Å²) in [4.78, 5) is 0. The first-order valence-corrected chi connectivity index (χ1v) is 7.43. The van der Waals surface area contributed by atoms with Gasteiger partial charge in [0.05, 0.1) is 11.8 Å². The molecule has 0 radical (unpaired) electrons. The van der Waals surface area contributed by atoms with Gasteiger partial charge in [0.1, 0.15) is 5.76 Å². The summed E-state index contributed by atoms with van der Waals surface area (Å²) in [5.41, 5.74) is 3.32. The molecule has 0 aliphatic heterocycles. The van der Waals surface area contributed by atoms with Gasteiger partial charge in [-0.1, -0.05) is 35.5 Å². The molecule has 1 aromatic carbocycles. The standard InChI is InChI=1S/C17H24N2O2/c1-12(20)9-16(15-7-5-4-6-8-15)10-18-11-17-13(2)19-21-14(17)3/h4-8,12,16,18,20H,9-11H2,1-3H3. The molecule has 2 rings (SSSR count). The first-order valence-electron chi connectivity index (χ1n) is 7.43. The Bertz CT molecular complexity index is 530. The van der Waals surface area contributed by atoms with E-state index in [2.05, 4.69) is 22.6 Å². The number of nitrogens with zero attached hydrogens (tertiary/aromatic N) is 1. The summed E-state index contributed by atoms with van der Waals surface area (Å²) in [5, 5.41) is 17.1. The van der Waals surface area contributed by atoms with Crippen LogP contribution in [0.4, 0.5) is 0 Å². The van der Waals surface area contributed by atoms with Crippen molar-refractivity contribution >= 4 is 0 Å². The molecule has 114 valence electrons. The molecule has 4 nitrogen and oxygen atoms in total. The fourth-order valence-electron chi connectivity index (χ4n) is 2.60. The van der Waals surface area contributed by atoms with Gasteiger partial charge in [0.15, 0.2) is 0 Å². The molecule has 0 saturated carbocycles. The Hall–Kier alpha value is -1.65. The molecular weight excluding hydrogens is 264 g/mol. The van der Waals surface area contributed by atoms with Crippen molar-refractivity contribution < 1.29 is 9.63 Å². The van der Waals surface area contributed by atoms with Gasteiger partial charge in [-0.05, 0) is 38.7 Å². The van der Waals surface area contributed by atoms with Crippen molar-refractivity contribution in [3.63, 3.8) is 0 Å². The Morgan fingerprint density at radius 1 is 1.24 bits per heavy atom. The molecule has 2 N–H and O–H groups in total. The van der Waals surface area contributed by atoms with Crippen molar-refractivity contribution in [3.05, 3.63) is 52.9 Å². The predicted molar refractivity (Wildman–Crippen MR) is 83.2 cm³/mol. The van der Waals surface area contributed by atoms with Gasteiger partial charge < -0.3 is 14.9 Å². The van der Waals surface area contributed by atoms with Crippen molar-refractivity contribution in [1.82, 2.24) is 10.5 Å². The molecule has 1 heterocycles. The zero-order valence-corrected chi connectivity index (χ0v) is 13.0. The van der Waals surface area contributed by atoms with Crippen molar-refractivity contribution in [1.29, 1.82) is 0 Å². The molecule has 1 aromatic heterocycles. The van der Waals surface area contributed by atoms with E-state index < -0.39 is 0 Å². The first-order chi connectivity index (χ1) is 10.1. The van der Waals surface area contributed by atoms with Crippen LogP contribution < -0.4 is 5.32 Å². The highest BCUT2D eigenvalue weighted by Gasteiger charge is 2.15. The maximum Gasteiger partial charge on any atom is 0.138 e. The van der Waals surface area contributed by atoms with Gasteiger partial charge in [-0.2, -0.15) is 0 Å². The summed E-state index contributed by atoms with van der Waals surface area (Å²) in [6.45, 7) is 7.28. The Morgan fingerprint density at radius 3 is 2.52 bits per heavy atom. The molecule has 0 aliphatic carbocycles. The summed E-state index contributed by atoms with van der Waals surface area (Å²) in [7, 11) is 0. The average Bonchev–Trinajstić information content (AvgIpc) is 2.78. The highest BCUT2D eigenvalue weighted by atomic mass is 16.5. The SMILES string of the molecule is Cc1noc(C)c1CNCC(CC(C)O)c1ccccc1. The zero-order chi connectivity index (χ0) is 15.2. The Labute approximate surface area is 126 Å². The Morgan fingerprint density at radius 2 is 1.95 bits per heavy atom. The van der Waals surface area contributed by atoms with Gasteiger partial charge in [0, 0.05) is 18.7 Å². The maximum absolute atomic E-state index is 9.70. The molecular formula is C17H24N2O2. The highest BCUT2D eigenvalue weighted by Crippen LogP contribution is 2.21. The van der Waals surface area contributed by atoms with E-state index >= 15 is 0 Å². The fraction of sp³-hybridized carbons (Fsp3) is 0.471. The third kappa shape index (κ3) is 4.41. The number of hydrogen-bond donors (Lipinski definition) is 2. The Balaban J connectivity index is 1.97. The van der Waals surface area contributed by atoms with Crippen LogP contribution in [-0.2, 0) is 6.54 Å². The minimum atomic E-state index is -0.309. The molecule has 0 amide bonds.